The van der Waals surface area contributed by atoms with E-state index >= 15 is 0 Å². The third kappa shape index (κ3) is 5.28. The molecule has 1 aliphatic heterocycles. The summed E-state index contributed by atoms with van der Waals surface area (Å²) in [6.07, 6.45) is 0.249. The summed E-state index contributed by atoms with van der Waals surface area (Å²) in [4.78, 5) is 13.7. The lowest BCUT2D eigenvalue weighted by molar-refractivity contribution is 0.0237. The van der Waals surface area contributed by atoms with Gasteiger partial charge in [0.25, 0.3) is 0 Å². The van der Waals surface area contributed by atoms with Gasteiger partial charge in [0.05, 0.1) is 12.6 Å². The molecule has 0 spiro atoms. The molecule has 0 unspecified atom stereocenters. The van der Waals surface area contributed by atoms with Crippen molar-refractivity contribution in [1.82, 2.24) is 4.90 Å². The van der Waals surface area contributed by atoms with E-state index in [1.54, 1.807) is 0 Å². The maximum atomic E-state index is 12.3. The van der Waals surface area contributed by atoms with Gasteiger partial charge < -0.3 is 14.2 Å². The lowest BCUT2D eigenvalue weighted by Crippen LogP contribution is -2.40. The number of nitrogens with zero attached hydrogens (tertiary/aromatic N) is 1. The number of amides is 1. The molecular formula is C18H25NO4. The van der Waals surface area contributed by atoms with Gasteiger partial charge >= 0.3 is 6.09 Å². The Balaban J connectivity index is 1.81. The van der Waals surface area contributed by atoms with Crippen molar-refractivity contribution < 1.29 is 19.0 Å². The molecule has 1 heterocycles. The molecule has 1 saturated heterocycles. The van der Waals surface area contributed by atoms with Crippen molar-refractivity contribution in [2.24, 2.45) is 0 Å². The Labute approximate surface area is 137 Å². The summed E-state index contributed by atoms with van der Waals surface area (Å²) < 4.78 is 16.5. The van der Waals surface area contributed by atoms with Crippen LogP contribution in [0.3, 0.4) is 0 Å². The van der Waals surface area contributed by atoms with Crippen molar-refractivity contribution in [2.75, 3.05) is 13.2 Å². The lowest BCUT2D eigenvalue weighted by Gasteiger charge is -2.26. The first kappa shape index (κ1) is 17.3. The largest absolute Gasteiger partial charge is 0.477 e. The van der Waals surface area contributed by atoms with E-state index in [1.165, 1.54) is 4.90 Å². The van der Waals surface area contributed by atoms with Crippen LogP contribution in [0.25, 0.3) is 0 Å². The Kier molecular flexibility index (Phi) is 5.66. The van der Waals surface area contributed by atoms with Crippen molar-refractivity contribution >= 4 is 6.09 Å². The molecule has 0 saturated carbocycles. The maximum absolute atomic E-state index is 12.3. The second-order valence-electron chi connectivity index (χ2n) is 6.54. The molecule has 126 valence electrons. The van der Waals surface area contributed by atoms with E-state index in [4.69, 9.17) is 14.2 Å². The van der Waals surface area contributed by atoms with E-state index < -0.39 is 11.7 Å². The average Bonchev–Trinajstić information content (AvgIpc) is 2.84. The molecule has 2 rings (SSSR count). The first-order chi connectivity index (χ1) is 10.9. The van der Waals surface area contributed by atoms with Crippen LogP contribution in [-0.2, 0) is 20.8 Å². The van der Waals surface area contributed by atoms with E-state index in [0.717, 1.165) is 5.56 Å². The molecule has 5 nitrogen and oxygen atoms in total. The first-order valence-corrected chi connectivity index (χ1v) is 7.82. The van der Waals surface area contributed by atoms with Gasteiger partial charge in [-0.15, -0.1) is 0 Å². The van der Waals surface area contributed by atoms with Crippen LogP contribution < -0.4 is 0 Å². The summed E-state index contributed by atoms with van der Waals surface area (Å²) in [5.41, 5.74) is 0.581. The normalized spacial score (nSPS) is 18.0. The molecule has 1 atom stereocenters. The summed E-state index contributed by atoms with van der Waals surface area (Å²) in [6, 6.07) is 9.88. The molecule has 0 radical (unpaired) electrons. The van der Waals surface area contributed by atoms with Gasteiger partial charge in [-0.25, -0.2) is 9.69 Å². The smallest absolute Gasteiger partial charge is 0.417 e. The maximum Gasteiger partial charge on any atom is 0.417 e. The van der Waals surface area contributed by atoms with Gasteiger partial charge in [0.1, 0.15) is 12.2 Å². The Hall–Kier alpha value is -2.01. The fraction of sp³-hybridized carbons (Fsp3) is 0.500. The summed E-state index contributed by atoms with van der Waals surface area (Å²) in [5, 5.41) is 0. The molecule has 5 heteroatoms. The highest BCUT2D eigenvalue weighted by Crippen LogP contribution is 2.24. The van der Waals surface area contributed by atoms with E-state index in [2.05, 4.69) is 6.58 Å². The van der Waals surface area contributed by atoms with Crippen molar-refractivity contribution in [1.29, 1.82) is 0 Å². The minimum absolute atomic E-state index is 0.104. The van der Waals surface area contributed by atoms with Crippen LogP contribution in [0.15, 0.2) is 42.8 Å². The molecule has 1 fully saturated rings. The monoisotopic (exact) mass is 319 g/mol. The van der Waals surface area contributed by atoms with Gasteiger partial charge in [0, 0.05) is 6.61 Å². The van der Waals surface area contributed by atoms with Gasteiger partial charge in [-0.05, 0) is 39.3 Å². The van der Waals surface area contributed by atoms with Crippen molar-refractivity contribution in [2.45, 2.75) is 45.4 Å². The number of rotatable bonds is 5. The van der Waals surface area contributed by atoms with Crippen molar-refractivity contribution in [3.8, 4) is 0 Å². The summed E-state index contributed by atoms with van der Waals surface area (Å²) in [5.74, 6) is 0.340. The molecule has 0 bridgehead atoms. The number of ether oxygens (including phenoxy) is 3. The number of carbonyl (C=O) groups is 1. The summed E-state index contributed by atoms with van der Waals surface area (Å²) in [6.45, 7) is 10.8. The molecule has 1 aromatic rings. The number of hydrogen-bond donors (Lipinski definition) is 0. The molecule has 0 aromatic heterocycles. The third-order valence-electron chi connectivity index (χ3n) is 3.37. The number of hydrogen-bond acceptors (Lipinski definition) is 4. The standard InChI is InChI=1S/C18H25NO4/c1-14-19(17(20)23-18(2,3)4)16(13-22-14)10-11-21-12-15-8-6-5-7-9-15/h5-9,16H,1,10-13H2,2-4H3/t16-/m0/s1. The molecule has 1 amide bonds. The topological polar surface area (TPSA) is 48.0 Å². The Morgan fingerprint density at radius 3 is 2.70 bits per heavy atom. The highest BCUT2D eigenvalue weighted by atomic mass is 16.6. The van der Waals surface area contributed by atoms with Crippen LogP contribution in [0.4, 0.5) is 4.79 Å². The second-order valence-corrected chi connectivity index (χ2v) is 6.54. The zero-order chi connectivity index (χ0) is 16.9. The van der Waals surface area contributed by atoms with Crippen molar-refractivity contribution in [3.05, 3.63) is 48.4 Å². The minimum Gasteiger partial charge on any atom is -0.477 e. The highest BCUT2D eigenvalue weighted by molar-refractivity contribution is 5.70. The Morgan fingerprint density at radius 1 is 1.35 bits per heavy atom. The quantitative estimate of drug-likeness (QED) is 0.776. The molecular weight excluding hydrogens is 294 g/mol. The highest BCUT2D eigenvalue weighted by Gasteiger charge is 2.36. The van der Waals surface area contributed by atoms with E-state index in [1.807, 2.05) is 51.1 Å². The number of benzene rings is 1. The molecule has 1 aromatic carbocycles. The molecule has 0 N–H and O–H groups in total. The Morgan fingerprint density at radius 2 is 2.04 bits per heavy atom. The van der Waals surface area contributed by atoms with Gasteiger partial charge in [0.15, 0.2) is 5.88 Å². The predicted octanol–water partition coefficient (Wildman–Crippen LogP) is 3.70. The molecule has 23 heavy (non-hydrogen) atoms. The van der Waals surface area contributed by atoms with E-state index in [9.17, 15) is 4.79 Å². The third-order valence-corrected chi connectivity index (χ3v) is 3.37. The van der Waals surface area contributed by atoms with Crippen LogP contribution in [-0.4, -0.2) is 35.8 Å². The molecule has 1 aliphatic rings. The van der Waals surface area contributed by atoms with Crippen molar-refractivity contribution in [3.63, 3.8) is 0 Å². The van der Waals surface area contributed by atoms with Crippen LogP contribution in [0.1, 0.15) is 32.8 Å². The van der Waals surface area contributed by atoms with Gasteiger partial charge in [-0.2, -0.15) is 0 Å². The first-order valence-electron chi connectivity index (χ1n) is 7.82. The fourth-order valence-electron chi connectivity index (χ4n) is 2.30. The van der Waals surface area contributed by atoms with Gasteiger partial charge in [-0.3, -0.25) is 0 Å². The fourth-order valence-corrected chi connectivity index (χ4v) is 2.30. The number of carbonyl (C=O) groups excluding carboxylic acids is 1. The van der Waals surface area contributed by atoms with Gasteiger partial charge in [0.2, 0.25) is 0 Å². The second kappa shape index (κ2) is 7.51. The zero-order valence-corrected chi connectivity index (χ0v) is 14.1. The predicted molar refractivity (Wildman–Crippen MR) is 87.7 cm³/mol. The summed E-state index contributed by atoms with van der Waals surface area (Å²) >= 11 is 0. The minimum atomic E-state index is -0.547. The SMILES string of the molecule is C=C1OC[C@H](CCOCc2ccccc2)N1C(=O)OC(C)(C)C. The van der Waals surface area contributed by atoms with Crippen LogP contribution in [0.5, 0.6) is 0 Å². The van der Waals surface area contributed by atoms with Crippen LogP contribution in [0, 0.1) is 0 Å². The zero-order valence-electron chi connectivity index (χ0n) is 14.1. The Bertz CT molecular complexity index is 536. The van der Waals surface area contributed by atoms with Crippen LogP contribution in [0.2, 0.25) is 0 Å². The van der Waals surface area contributed by atoms with E-state index in [-0.39, 0.29) is 6.04 Å². The van der Waals surface area contributed by atoms with Gasteiger partial charge in [-0.1, -0.05) is 30.3 Å². The van der Waals surface area contributed by atoms with E-state index in [0.29, 0.717) is 32.1 Å². The summed E-state index contributed by atoms with van der Waals surface area (Å²) in [7, 11) is 0. The molecule has 0 aliphatic carbocycles. The lowest BCUT2D eigenvalue weighted by atomic mass is 10.2. The van der Waals surface area contributed by atoms with Crippen LogP contribution >= 0.6 is 0 Å². The average molecular weight is 319 g/mol.